The Balaban J connectivity index is 2.02. The van der Waals surface area contributed by atoms with Crippen molar-refractivity contribution >= 4 is 17.3 Å². The SMILES string of the molecule is CC(=O)Nc1cc(NC2CCC(C)CC2)ccc1F. The van der Waals surface area contributed by atoms with Crippen molar-refractivity contribution in [3.05, 3.63) is 24.0 Å². The number of carbonyl (C=O) groups is 1. The van der Waals surface area contributed by atoms with Crippen molar-refractivity contribution < 1.29 is 9.18 Å². The van der Waals surface area contributed by atoms with E-state index >= 15 is 0 Å². The van der Waals surface area contributed by atoms with Gasteiger partial charge in [-0.05, 0) is 49.8 Å². The molecule has 0 saturated heterocycles. The lowest BCUT2D eigenvalue weighted by Crippen LogP contribution is -2.25. The van der Waals surface area contributed by atoms with E-state index in [2.05, 4.69) is 17.6 Å². The van der Waals surface area contributed by atoms with Gasteiger partial charge in [0.2, 0.25) is 5.91 Å². The molecule has 0 atom stereocenters. The van der Waals surface area contributed by atoms with Gasteiger partial charge in [-0.2, -0.15) is 0 Å². The smallest absolute Gasteiger partial charge is 0.221 e. The topological polar surface area (TPSA) is 41.1 Å². The van der Waals surface area contributed by atoms with E-state index in [0.717, 1.165) is 24.4 Å². The van der Waals surface area contributed by atoms with Gasteiger partial charge in [-0.3, -0.25) is 4.79 Å². The van der Waals surface area contributed by atoms with E-state index in [4.69, 9.17) is 0 Å². The molecule has 1 amide bonds. The van der Waals surface area contributed by atoms with Crippen LogP contribution in [0.5, 0.6) is 0 Å². The van der Waals surface area contributed by atoms with Gasteiger partial charge < -0.3 is 10.6 Å². The second-order valence-electron chi connectivity index (χ2n) is 5.48. The Morgan fingerprint density at radius 3 is 2.58 bits per heavy atom. The van der Waals surface area contributed by atoms with Gasteiger partial charge in [0.05, 0.1) is 5.69 Å². The predicted molar refractivity (Wildman–Crippen MR) is 75.7 cm³/mol. The maximum absolute atomic E-state index is 13.5. The van der Waals surface area contributed by atoms with E-state index in [0.29, 0.717) is 6.04 Å². The molecule has 4 heteroatoms. The fourth-order valence-electron chi connectivity index (χ4n) is 2.54. The molecule has 0 bridgehead atoms. The maximum atomic E-state index is 13.5. The number of anilines is 2. The van der Waals surface area contributed by atoms with E-state index in [1.165, 1.54) is 25.8 Å². The molecule has 19 heavy (non-hydrogen) atoms. The summed E-state index contributed by atoms with van der Waals surface area (Å²) in [4.78, 5) is 11.0. The van der Waals surface area contributed by atoms with E-state index in [1.807, 2.05) is 0 Å². The van der Waals surface area contributed by atoms with Crippen molar-refractivity contribution in [1.82, 2.24) is 0 Å². The van der Waals surface area contributed by atoms with Crippen LogP contribution >= 0.6 is 0 Å². The Kier molecular flexibility index (Phi) is 4.40. The van der Waals surface area contributed by atoms with Crippen LogP contribution in [-0.2, 0) is 4.79 Å². The summed E-state index contributed by atoms with van der Waals surface area (Å²) in [6, 6.07) is 5.22. The minimum Gasteiger partial charge on any atom is -0.382 e. The number of carbonyl (C=O) groups excluding carboxylic acids is 1. The first-order valence-electron chi connectivity index (χ1n) is 6.88. The summed E-state index contributed by atoms with van der Waals surface area (Å²) >= 11 is 0. The molecule has 1 aliphatic rings. The molecule has 0 spiro atoms. The standard InChI is InChI=1S/C15H21FN2O/c1-10-3-5-12(6-4-10)18-13-7-8-14(16)15(9-13)17-11(2)19/h7-10,12,18H,3-6H2,1-2H3,(H,17,19). The Morgan fingerprint density at radius 1 is 1.26 bits per heavy atom. The molecule has 0 aromatic heterocycles. The van der Waals surface area contributed by atoms with Crippen LogP contribution in [0.25, 0.3) is 0 Å². The van der Waals surface area contributed by atoms with Crippen molar-refractivity contribution in [3.8, 4) is 0 Å². The molecule has 1 aromatic rings. The number of nitrogens with one attached hydrogen (secondary N) is 2. The first-order valence-corrected chi connectivity index (χ1v) is 6.88. The lowest BCUT2D eigenvalue weighted by Gasteiger charge is -2.27. The molecule has 1 aliphatic carbocycles. The van der Waals surface area contributed by atoms with Crippen molar-refractivity contribution in [2.75, 3.05) is 10.6 Å². The summed E-state index contributed by atoms with van der Waals surface area (Å²) in [6.45, 7) is 3.66. The van der Waals surface area contributed by atoms with Gasteiger partial charge in [0, 0.05) is 18.7 Å². The summed E-state index contributed by atoms with van der Waals surface area (Å²) < 4.78 is 13.5. The van der Waals surface area contributed by atoms with Crippen LogP contribution in [-0.4, -0.2) is 11.9 Å². The van der Waals surface area contributed by atoms with Crippen molar-refractivity contribution in [2.45, 2.75) is 45.6 Å². The quantitative estimate of drug-likeness (QED) is 0.872. The molecule has 1 saturated carbocycles. The van der Waals surface area contributed by atoms with Crippen LogP contribution < -0.4 is 10.6 Å². The minimum atomic E-state index is -0.405. The fraction of sp³-hybridized carbons (Fsp3) is 0.533. The third-order valence-electron chi connectivity index (χ3n) is 3.66. The van der Waals surface area contributed by atoms with Crippen molar-refractivity contribution in [1.29, 1.82) is 0 Å². The van der Waals surface area contributed by atoms with E-state index in [1.54, 1.807) is 12.1 Å². The van der Waals surface area contributed by atoms with Gasteiger partial charge in [0.25, 0.3) is 0 Å². The van der Waals surface area contributed by atoms with Crippen LogP contribution in [0.4, 0.5) is 15.8 Å². The molecule has 3 nitrogen and oxygen atoms in total. The molecule has 104 valence electrons. The summed E-state index contributed by atoms with van der Waals surface area (Å²) in [5.74, 6) is 0.141. The molecule has 2 N–H and O–H groups in total. The molecule has 0 unspecified atom stereocenters. The Bertz CT molecular complexity index is 453. The van der Waals surface area contributed by atoms with Crippen LogP contribution in [0.2, 0.25) is 0 Å². The molecule has 0 heterocycles. The van der Waals surface area contributed by atoms with Gasteiger partial charge in [-0.15, -0.1) is 0 Å². The summed E-state index contributed by atoms with van der Waals surface area (Å²) in [5, 5.41) is 5.93. The maximum Gasteiger partial charge on any atom is 0.221 e. The largest absolute Gasteiger partial charge is 0.382 e. The van der Waals surface area contributed by atoms with Crippen LogP contribution in [0.15, 0.2) is 18.2 Å². The predicted octanol–water partition coefficient (Wildman–Crippen LogP) is 3.77. The first kappa shape index (κ1) is 13.8. The number of rotatable bonds is 3. The minimum absolute atomic E-state index is 0.238. The van der Waals surface area contributed by atoms with Crippen LogP contribution in [0, 0.1) is 11.7 Å². The number of hydrogen-bond acceptors (Lipinski definition) is 2. The highest BCUT2D eigenvalue weighted by Gasteiger charge is 2.18. The van der Waals surface area contributed by atoms with Crippen LogP contribution in [0.3, 0.4) is 0 Å². The van der Waals surface area contributed by atoms with Gasteiger partial charge >= 0.3 is 0 Å². The van der Waals surface area contributed by atoms with Gasteiger partial charge in [-0.25, -0.2) is 4.39 Å². The lowest BCUT2D eigenvalue weighted by atomic mass is 9.87. The lowest BCUT2D eigenvalue weighted by molar-refractivity contribution is -0.114. The van der Waals surface area contributed by atoms with Crippen molar-refractivity contribution in [2.24, 2.45) is 5.92 Å². The molecule has 1 fully saturated rings. The highest BCUT2D eigenvalue weighted by molar-refractivity contribution is 5.89. The zero-order chi connectivity index (χ0) is 13.8. The van der Waals surface area contributed by atoms with Gasteiger partial charge in [0.1, 0.15) is 5.82 Å². The Labute approximate surface area is 113 Å². The zero-order valence-corrected chi connectivity index (χ0v) is 11.5. The molecule has 2 rings (SSSR count). The molecule has 0 radical (unpaired) electrons. The number of benzene rings is 1. The monoisotopic (exact) mass is 264 g/mol. The van der Waals surface area contributed by atoms with Gasteiger partial charge in [-0.1, -0.05) is 6.92 Å². The molecular formula is C15H21FN2O. The zero-order valence-electron chi connectivity index (χ0n) is 11.5. The summed E-state index contributed by atoms with van der Waals surface area (Å²) in [7, 11) is 0. The number of halogens is 1. The fourth-order valence-corrected chi connectivity index (χ4v) is 2.54. The summed E-state index contributed by atoms with van der Waals surface area (Å²) in [5.41, 5.74) is 1.10. The average molecular weight is 264 g/mol. The van der Waals surface area contributed by atoms with E-state index in [-0.39, 0.29) is 11.6 Å². The number of hydrogen-bond donors (Lipinski definition) is 2. The first-order chi connectivity index (χ1) is 9.04. The summed E-state index contributed by atoms with van der Waals surface area (Å²) in [6.07, 6.45) is 4.76. The van der Waals surface area contributed by atoms with Crippen molar-refractivity contribution in [3.63, 3.8) is 0 Å². The third kappa shape index (κ3) is 3.94. The molecule has 1 aromatic carbocycles. The normalized spacial score (nSPS) is 22.9. The Hall–Kier alpha value is -1.58. The second-order valence-corrected chi connectivity index (χ2v) is 5.48. The van der Waals surface area contributed by atoms with E-state index in [9.17, 15) is 9.18 Å². The van der Waals surface area contributed by atoms with Crippen LogP contribution in [0.1, 0.15) is 39.5 Å². The average Bonchev–Trinajstić information content (AvgIpc) is 2.36. The Morgan fingerprint density at radius 2 is 1.95 bits per heavy atom. The highest BCUT2D eigenvalue weighted by atomic mass is 19.1. The molecule has 0 aliphatic heterocycles. The van der Waals surface area contributed by atoms with E-state index < -0.39 is 5.82 Å². The van der Waals surface area contributed by atoms with Gasteiger partial charge in [0.15, 0.2) is 0 Å². The third-order valence-corrected chi connectivity index (χ3v) is 3.66. The second kappa shape index (κ2) is 6.04. The molecular weight excluding hydrogens is 243 g/mol. The highest BCUT2D eigenvalue weighted by Crippen LogP contribution is 2.27. The number of amides is 1.